The van der Waals surface area contributed by atoms with Crippen LogP contribution in [0.25, 0.3) is 0 Å². The lowest BCUT2D eigenvalue weighted by molar-refractivity contribution is -0.140. The summed E-state index contributed by atoms with van der Waals surface area (Å²) in [5.74, 6) is 0. The molecule has 0 aliphatic rings. The quantitative estimate of drug-likeness (QED) is 0.615. The van der Waals surface area contributed by atoms with Gasteiger partial charge in [0, 0.05) is 5.33 Å². The van der Waals surface area contributed by atoms with E-state index in [0.717, 1.165) is 6.07 Å². The van der Waals surface area contributed by atoms with Gasteiger partial charge in [0.25, 0.3) is 6.43 Å². The zero-order chi connectivity index (χ0) is 13.2. The van der Waals surface area contributed by atoms with Crippen molar-refractivity contribution in [2.75, 3.05) is 0 Å². The van der Waals surface area contributed by atoms with Gasteiger partial charge < -0.3 is 0 Å². The summed E-state index contributed by atoms with van der Waals surface area (Å²) in [6, 6.07) is 2.09. The Morgan fingerprint density at radius 1 is 1.41 bits per heavy atom. The Kier molecular flexibility index (Phi) is 4.03. The largest absolute Gasteiger partial charge is 0.419 e. The molecule has 0 amide bonds. The van der Waals surface area contributed by atoms with Crippen molar-refractivity contribution in [2.45, 2.75) is 17.9 Å². The maximum absolute atomic E-state index is 12.6. The third-order valence-corrected chi connectivity index (χ3v) is 2.42. The number of alkyl halides is 6. The van der Waals surface area contributed by atoms with E-state index in [0.29, 0.717) is 0 Å². The van der Waals surface area contributed by atoms with Crippen molar-refractivity contribution in [1.29, 1.82) is 5.26 Å². The fourth-order valence-corrected chi connectivity index (χ4v) is 1.52. The van der Waals surface area contributed by atoms with Crippen LogP contribution in [-0.4, -0.2) is 4.98 Å². The molecular weight excluding hydrogens is 311 g/mol. The maximum atomic E-state index is 12.6. The lowest BCUT2D eigenvalue weighted by Gasteiger charge is -2.14. The average Bonchev–Trinajstić information content (AvgIpc) is 2.25. The topological polar surface area (TPSA) is 36.7 Å². The van der Waals surface area contributed by atoms with Crippen molar-refractivity contribution < 1.29 is 22.0 Å². The lowest BCUT2D eigenvalue weighted by atomic mass is 10.1. The molecule has 0 radical (unpaired) electrons. The number of pyridine rings is 1. The SMILES string of the molecule is N#Cc1cc(CBr)nc(C(F)F)c1C(F)(F)F. The van der Waals surface area contributed by atoms with E-state index in [9.17, 15) is 22.0 Å². The van der Waals surface area contributed by atoms with Crippen LogP contribution in [-0.2, 0) is 11.5 Å². The number of aromatic nitrogens is 1. The minimum Gasteiger partial charge on any atom is -0.250 e. The summed E-state index contributed by atoms with van der Waals surface area (Å²) in [6.07, 6.45) is -8.42. The highest BCUT2D eigenvalue weighted by molar-refractivity contribution is 9.08. The molecule has 0 aliphatic heterocycles. The highest BCUT2D eigenvalue weighted by Gasteiger charge is 2.40. The van der Waals surface area contributed by atoms with E-state index in [2.05, 4.69) is 20.9 Å². The number of rotatable bonds is 2. The van der Waals surface area contributed by atoms with Crippen molar-refractivity contribution in [2.24, 2.45) is 0 Å². The molecule has 1 heterocycles. The third kappa shape index (κ3) is 2.91. The molecule has 0 spiro atoms. The summed E-state index contributed by atoms with van der Waals surface area (Å²) in [6.45, 7) is 0. The molecule has 17 heavy (non-hydrogen) atoms. The summed E-state index contributed by atoms with van der Waals surface area (Å²) in [5.41, 5.74) is -3.98. The van der Waals surface area contributed by atoms with Crippen LogP contribution in [0.3, 0.4) is 0 Å². The minimum absolute atomic E-state index is 0.0143. The lowest BCUT2D eigenvalue weighted by Crippen LogP contribution is -2.15. The normalized spacial score (nSPS) is 11.6. The third-order valence-electron chi connectivity index (χ3n) is 1.85. The summed E-state index contributed by atoms with van der Waals surface area (Å²) in [4.78, 5) is 3.20. The summed E-state index contributed by atoms with van der Waals surface area (Å²) < 4.78 is 62.7. The minimum atomic E-state index is -5.03. The van der Waals surface area contributed by atoms with Crippen LogP contribution in [0, 0.1) is 11.3 Å². The molecule has 2 nitrogen and oxygen atoms in total. The second-order valence-electron chi connectivity index (χ2n) is 2.97. The Hall–Kier alpha value is -1.23. The standard InChI is InChI=1S/C9H4BrF5N2/c10-2-5-1-4(3-16)6(9(13,14)15)7(17-5)8(11)12/h1,8H,2H2. The van der Waals surface area contributed by atoms with Crippen LogP contribution in [0.15, 0.2) is 6.07 Å². The fraction of sp³-hybridized carbons (Fsp3) is 0.333. The molecule has 0 aromatic carbocycles. The fourth-order valence-electron chi connectivity index (χ4n) is 1.23. The second kappa shape index (κ2) is 4.96. The Morgan fingerprint density at radius 2 is 2.00 bits per heavy atom. The molecule has 0 aliphatic carbocycles. The average molecular weight is 315 g/mol. The van der Waals surface area contributed by atoms with Gasteiger partial charge in [0.2, 0.25) is 0 Å². The Labute approximate surface area is 101 Å². The van der Waals surface area contributed by atoms with Crippen molar-refractivity contribution in [3.63, 3.8) is 0 Å². The van der Waals surface area contributed by atoms with E-state index in [-0.39, 0.29) is 11.0 Å². The van der Waals surface area contributed by atoms with Gasteiger partial charge in [0.15, 0.2) is 0 Å². The molecule has 0 N–H and O–H groups in total. The van der Waals surface area contributed by atoms with Gasteiger partial charge in [0.1, 0.15) is 11.3 Å². The van der Waals surface area contributed by atoms with Crippen LogP contribution in [0.2, 0.25) is 0 Å². The van der Waals surface area contributed by atoms with Crippen LogP contribution in [0.4, 0.5) is 22.0 Å². The van der Waals surface area contributed by atoms with Gasteiger partial charge in [-0.1, -0.05) is 15.9 Å². The monoisotopic (exact) mass is 314 g/mol. The zero-order valence-electron chi connectivity index (χ0n) is 8.02. The summed E-state index contributed by atoms with van der Waals surface area (Å²) >= 11 is 2.88. The molecule has 0 saturated carbocycles. The van der Waals surface area contributed by atoms with Crippen LogP contribution in [0.5, 0.6) is 0 Å². The molecule has 0 bridgehead atoms. The molecule has 92 valence electrons. The predicted octanol–water partition coefficient (Wildman–Crippen LogP) is 3.80. The van der Waals surface area contributed by atoms with E-state index in [1.165, 1.54) is 6.07 Å². The first-order valence-electron chi connectivity index (χ1n) is 4.16. The van der Waals surface area contributed by atoms with E-state index in [1.54, 1.807) is 0 Å². The number of hydrogen-bond acceptors (Lipinski definition) is 2. The molecule has 0 unspecified atom stereocenters. The number of nitrogens with zero attached hydrogens (tertiary/aromatic N) is 2. The van der Waals surface area contributed by atoms with Gasteiger partial charge in [-0.05, 0) is 6.07 Å². The molecule has 8 heteroatoms. The first kappa shape index (κ1) is 13.8. The first-order chi connectivity index (χ1) is 7.81. The Bertz CT molecular complexity index is 464. The molecule has 1 aromatic heterocycles. The predicted molar refractivity (Wildman–Crippen MR) is 51.5 cm³/mol. The van der Waals surface area contributed by atoms with Crippen LogP contribution in [0.1, 0.15) is 28.9 Å². The maximum Gasteiger partial charge on any atom is 0.419 e. The van der Waals surface area contributed by atoms with Crippen molar-refractivity contribution in [1.82, 2.24) is 4.98 Å². The molecule has 0 atom stereocenters. The number of nitriles is 1. The van der Waals surface area contributed by atoms with E-state index in [1.807, 2.05) is 0 Å². The Balaban J connectivity index is 3.60. The summed E-state index contributed by atoms with van der Waals surface area (Å²) in [5, 5.41) is 8.56. The molecule has 1 aromatic rings. The van der Waals surface area contributed by atoms with Gasteiger partial charge in [-0.15, -0.1) is 0 Å². The van der Waals surface area contributed by atoms with Gasteiger partial charge in [-0.2, -0.15) is 18.4 Å². The van der Waals surface area contributed by atoms with Gasteiger partial charge in [-0.3, -0.25) is 4.98 Å². The zero-order valence-corrected chi connectivity index (χ0v) is 9.61. The number of halogens is 6. The first-order valence-corrected chi connectivity index (χ1v) is 5.28. The second-order valence-corrected chi connectivity index (χ2v) is 3.53. The van der Waals surface area contributed by atoms with Crippen molar-refractivity contribution in [3.8, 4) is 6.07 Å². The Morgan fingerprint density at radius 3 is 2.35 bits per heavy atom. The molecular formula is C9H4BrF5N2. The summed E-state index contributed by atoms with van der Waals surface area (Å²) in [7, 11) is 0. The van der Waals surface area contributed by atoms with Gasteiger partial charge >= 0.3 is 6.18 Å². The van der Waals surface area contributed by atoms with Crippen LogP contribution >= 0.6 is 15.9 Å². The van der Waals surface area contributed by atoms with Gasteiger partial charge in [0.05, 0.1) is 17.3 Å². The van der Waals surface area contributed by atoms with E-state index in [4.69, 9.17) is 5.26 Å². The molecule has 0 fully saturated rings. The number of hydrogen-bond donors (Lipinski definition) is 0. The van der Waals surface area contributed by atoms with E-state index < -0.39 is 29.4 Å². The smallest absolute Gasteiger partial charge is 0.250 e. The molecule has 1 rings (SSSR count). The van der Waals surface area contributed by atoms with E-state index >= 15 is 0 Å². The van der Waals surface area contributed by atoms with Crippen molar-refractivity contribution in [3.05, 3.63) is 28.6 Å². The molecule has 0 saturated heterocycles. The highest BCUT2D eigenvalue weighted by atomic mass is 79.9. The van der Waals surface area contributed by atoms with Crippen molar-refractivity contribution >= 4 is 15.9 Å². The van der Waals surface area contributed by atoms with Gasteiger partial charge in [-0.25, -0.2) is 8.78 Å². The highest BCUT2D eigenvalue weighted by Crippen LogP contribution is 2.37. The van der Waals surface area contributed by atoms with Crippen LogP contribution < -0.4 is 0 Å².